The van der Waals surface area contributed by atoms with Gasteiger partial charge in [0.2, 0.25) is 0 Å². The molecule has 4 aliphatic rings. The van der Waals surface area contributed by atoms with E-state index < -0.39 is 0 Å². The molecule has 9 atom stereocenters. The molecule has 0 heterocycles. The molecule has 4 fully saturated rings. The summed E-state index contributed by atoms with van der Waals surface area (Å²) in [7, 11) is 0. The molecule has 114 valence electrons. The molecule has 2 bridgehead atoms. The van der Waals surface area contributed by atoms with Gasteiger partial charge in [0.1, 0.15) is 0 Å². The van der Waals surface area contributed by atoms with Crippen LogP contribution in [0.15, 0.2) is 0 Å². The summed E-state index contributed by atoms with van der Waals surface area (Å²) in [6.07, 6.45) is 10.7. The lowest BCUT2D eigenvalue weighted by Crippen LogP contribution is -2.53. The molecule has 4 rings (SSSR count). The molecule has 4 aliphatic carbocycles. The number of rotatable bonds is 1. The minimum atomic E-state index is 0.745. The lowest BCUT2D eigenvalue weighted by atomic mass is 9.46. The average molecular weight is 274 g/mol. The van der Waals surface area contributed by atoms with Crippen LogP contribution in [0.1, 0.15) is 72.6 Å². The van der Waals surface area contributed by atoms with Crippen molar-refractivity contribution in [2.24, 2.45) is 52.8 Å². The Hall–Kier alpha value is 0. The third kappa shape index (κ3) is 1.49. The van der Waals surface area contributed by atoms with Gasteiger partial charge in [-0.25, -0.2) is 0 Å². The molecule has 0 aromatic rings. The van der Waals surface area contributed by atoms with Gasteiger partial charge < -0.3 is 0 Å². The Morgan fingerprint density at radius 2 is 1.70 bits per heavy atom. The molecule has 0 heteroatoms. The van der Waals surface area contributed by atoms with Crippen molar-refractivity contribution in [3.8, 4) is 0 Å². The first-order chi connectivity index (χ1) is 9.59. The van der Waals surface area contributed by atoms with Gasteiger partial charge in [-0.2, -0.15) is 0 Å². The van der Waals surface area contributed by atoms with E-state index in [9.17, 15) is 0 Å². The van der Waals surface area contributed by atoms with Crippen LogP contribution in [0.4, 0.5) is 0 Å². The molecule has 0 amide bonds. The lowest BCUT2D eigenvalue weighted by molar-refractivity contribution is -0.111. The Balaban J connectivity index is 1.69. The number of hydrogen-bond acceptors (Lipinski definition) is 0. The van der Waals surface area contributed by atoms with Crippen LogP contribution in [0.25, 0.3) is 0 Å². The maximum atomic E-state index is 2.70. The molecule has 0 N–H and O–H groups in total. The van der Waals surface area contributed by atoms with E-state index in [1.165, 1.54) is 19.3 Å². The van der Waals surface area contributed by atoms with Crippen LogP contribution in [0.5, 0.6) is 0 Å². The van der Waals surface area contributed by atoms with Crippen molar-refractivity contribution in [3.63, 3.8) is 0 Å². The highest BCUT2D eigenvalue weighted by Gasteiger charge is 2.71. The van der Waals surface area contributed by atoms with Crippen LogP contribution in [0, 0.1) is 52.8 Å². The highest BCUT2D eigenvalue weighted by atomic mass is 14.8. The monoisotopic (exact) mass is 274 g/mol. The van der Waals surface area contributed by atoms with Crippen LogP contribution >= 0.6 is 0 Å². The van der Waals surface area contributed by atoms with Gasteiger partial charge in [0.15, 0.2) is 0 Å². The summed E-state index contributed by atoms with van der Waals surface area (Å²) in [5.41, 5.74) is 0.745. The molecular formula is C20H34. The van der Waals surface area contributed by atoms with Gasteiger partial charge in [-0.1, -0.05) is 47.0 Å². The Bertz CT molecular complexity index is 385. The van der Waals surface area contributed by atoms with Crippen LogP contribution < -0.4 is 0 Å². The van der Waals surface area contributed by atoms with Crippen molar-refractivity contribution in [3.05, 3.63) is 0 Å². The van der Waals surface area contributed by atoms with E-state index in [0.29, 0.717) is 0 Å². The minimum absolute atomic E-state index is 0.745. The zero-order valence-corrected chi connectivity index (χ0v) is 14.1. The first kappa shape index (κ1) is 13.6. The predicted octanol–water partition coefficient (Wildman–Crippen LogP) is 5.77. The fourth-order valence-electron chi connectivity index (χ4n) is 7.93. The predicted molar refractivity (Wildman–Crippen MR) is 85.4 cm³/mol. The van der Waals surface area contributed by atoms with Gasteiger partial charge in [0, 0.05) is 0 Å². The minimum Gasteiger partial charge on any atom is -0.0651 e. The largest absolute Gasteiger partial charge is 0.0651 e. The second-order valence-corrected chi connectivity index (χ2v) is 9.17. The van der Waals surface area contributed by atoms with Gasteiger partial charge >= 0.3 is 0 Å². The summed E-state index contributed by atoms with van der Waals surface area (Å²) in [5.74, 6) is 8.58. The summed E-state index contributed by atoms with van der Waals surface area (Å²) >= 11 is 0. The Morgan fingerprint density at radius 3 is 2.45 bits per heavy atom. The average Bonchev–Trinajstić information content (AvgIpc) is 2.88. The highest BCUT2D eigenvalue weighted by molar-refractivity contribution is 5.19. The zero-order valence-electron chi connectivity index (χ0n) is 14.1. The smallest absolute Gasteiger partial charge is 0.0233 e. The molecule has 0 aliphatic heterocycles. The van der Waals surface area contributed by atoms with E-state index in [4.69, 9.17) is 0 Å². The van der Waals surface area contributed by atoms with Crippen molar-refractivity contribution < 1.29 is 0 Å². The second-order valence-electron chi connectivity index (χ2n) is 9.17. The number of hydrogen-bond donors (Lipinski definition) is 0. The molecule has 4 saturated carbocycles. The summed E-state index contributed by atoms with van der Waals surface area (Å²) in [4.78, 5) is 0. The normalized spacial score (nSPS) is 61.2. The molecule has 0 radical (unpaired) electrons. The third-order valence-electron chi connectivity index (χ3n) is 9.04. The van der Waals surface area contributed by atoms with Gasteiger partial charge in [-0.15, -0.1) is 0 Å². The van der Waals surface area contributed by atoms with E-state index in [0.717, 1.165) is 52.8 Å². The first-order valence-corrected chi connectivity index (χ1v) is 9.59. The highest BCUT2D eigenvalue weighted by Crippen LogP contribution is 2.77. The fourth-order valence-corrected chi connectivity index (χ4v) is 7.93. The topological polar surface area (TPSA) is 0 Å². The van der Waals surface area contributed by atoms with E-state index in [1.807, 2.05) is 0 Å². The van der Waals surface area contributed by atoms with E-state index >= 15 is 0 Å². The van der Waals surface area contributed by atoms with Crippen molar-refractivity contribution in [2.75, 3.05) is 0 Å². The molecule has 0 aromatic carbocycles. The molecule has 0 aromatic heterocycles. The quantitative estimate of drug-likeness (QED) is 0.569. The third-order valence-corrected chi connectivity index (χ3v) is 9.04. The second kappa shape index (κ2) is 4.50. The lowest BCUT2D eigenvalue weighted by Gasteiger charge is -2.59. The van der Waals surface area contributed by atoms with Crippen LogP contribution in [0.3, 0.4) is 0 Å². The maximum absolute atomic E-state index is 2.70. The summed E-state index contributed by atoms with van der Waals surface area (Å²) < 4.78 is 0. The standard InChI is InChI=1S/C20H34/c1-5-14-11-17-13(3)20(4)18(8-6-7-12(14)2)16-10-9-15(17)19(16)20/h12-19H,5-11H2,1-4H3. The summed E-state index contributed by atoms with van der Waals surface area (Å²) in [5, 5.41) is 0. The van der Waals surface area contributed by atoms with Gasteiger partial charge in [-0.3, -0.25) is 0 Å². The van der Waals surface area contributed by atoms with Gasteiger partial charge in [-0.05, 0) is 78.4 Å². The Morgan fingerprint density at radius 1 is 0.950 bits per heavy atom. The van der Waals surface area contributed by atoms with E-state index in [1.54, 1.807) is 25.7 Å². The molecule has 0 saturated heterocycles. The van der Waals surface area contributed by atoms with Gasteiger partial charge in [0.05, 0.1) is 0 Å². The molecule has 0 nitrogen and oxygen atoms in total. The van der Waals surface area contributed by atoms with E-state index in [2.05, 4.69) is 27.7 Å². The van der Waals surface area contributed by atoms with Crippen LogP contribution in [-0.2, 0) is 0 Å². The first-order valence-electron chi connectivity index (χ1n) is 9.59. The molecule has 9 unspecified atom stereocenters. The van der Waals surface area contributed by atoms with Crippen molar-refractivity contribution in [2.45, 2.75) is 72.6 Å². The molecule has 0 spiro atoms. The van der Waals surface area contributed by atoms with Crippen LogP contribution in [0.2, 0.25) is 0 Å². The fraction of sp³-hybridized carbons (Fsp3) is 1.00. The molecular weight excluding hydrogens is 240 g/mol. The zero-order chi connectivity index (χ0) is 14.1. The summed E-state index contributed by atoms with van der Waals surface area (Å²) in [6.45, 7) is 10.3. The Kier molecular flexibility index (Phi) is 3.07. The van der Waals surface area contributed by atoms with Gasteiger partial charge in [0.25, 0.3) is 0 Å². The molecule has 20 heavy (non-hydrogen) atoms. The Labute approximate surface area is 126 Å². The van der Waals surface area contributed by atoms with Crippen LogP contribution in [-0.4, -0.2) is 0 Å². The summed E-state index contributed by atoms with van der Waals surface area (Å²) in [6, 6.07) is 0. The van der Waals surface area contributed by atoms with Crippen molar-refractivity contribution in [1.29, 1.82) is 0 Å². The van der Waals surface area contributed by atoms with Crippen molar-refractivity contribution in [1.82, 2.24) is 0 Å². The number of fused-ring (bicyclic) bond motifs is 3. The maximum Gasteiger partial charge on any atom is -0.0233 e. The van der Waals surface area contributed by atoms with E-state index in [-0.39, 0.29) is 0 Å². The van der Waals surface area contributed by atoms with Crippen molar-refractivity contribution >= 4 is 0 Å². The SMILES string of the molecule is CCC1CC2C3CCC4C(CCCC1C)C(C)(C2C)C34.